The van der Waals surface area contributed by atoms with Gasteiger partial charge in [-0.1, -0.05) is 34.6 Å². The highest BCUT2D eigenvalue weighted by Crippen LogP contribution is 2.38. The zero-order valence-electron chi connectivity index (χ0n) is 12.4. The predicted molar refractivity (Wildman–Crippen MR) is 71.7 cm³/mol. The van der Waals surface area contributed by atoms with Crippen molar-refractivity contribution < 1.29 is 5.11 Å². The summed E-state index contributed by atoms with van der Waals surface area (Å²) in [4.78, 5) is 0. The molecule has 0 aliphatic rings. The van der Waals surface area contributed by atoms with Crippen LogP contribution in [0, 0.1) is 0 Å². The molecule has 17 heavy (non-hydrogen) atoms. The molecule has 0 unspecified atom stereocenters. The normalized spacial score (nSPS) is 13.5. The van der Waals surface area contributed by atoms with E-state index in [9.17, 15) is 5.11 Å². The van der Waals surface area contributed by atoms with Crippen LogP contribution < -0.4 is 0 Å². The third-order valence-corrected chi connectivity index (χ3v) is 2.82. The summed E-state index contributed by atoms with van der Waals surface area (Å²) < 4.78 is 1.74. The molecule has 0 aromatic carbocycles. The fourth-order valence-electron chi connectivity index (χ4n) is 2.02. The van der Waals surface area contributed by atoms with Gasteiger partial charge in [-0.3, -0.25) is 0 Å². The van der Waals surface area contributed by atoms with Crippen LogP contribution in [-0.2, 0) is 11.0 Å². The SMILES string of the molecule is CC(C)c1nn(C(C)(C)C)c(O)c1C(C)(C)C. The van der Waals surface area contributed by atoms with E-state index in [-0.39, 0.29) is 11.0 Å². The quantitative estimate of drug-likeness (QED) is 0.809. The lowest BCUT2D eigenvalue weighted by molar-refractivity contribution is 0.289. The molecular weight excluding hydrogens is 212 g/mol. The summed E-state index contributed by atoms with van der Waals surface area (Å²) in [6.45, 7) is 16.7. The van der Waals surface area contributed by atoms with Crippen molar-refractivity contribution in [2.45, 2.75) is 72.3 Å². The zero-order chi connectivity index (χ0) is 13.6. The largest absolute Gasteiger partial charge is 0.493 e. The van der Waals surface area contributed by atoms with E-state index in [4.69, 9.17) is 0 Å². The molecule has 0 spiro atoms. The zero-order valence-corrected chi connectivity index (χ0v) is 12.4. The van der Waals surface area contributed by atoms with Crippen LogP contribution in [0.3, 0.4) is 0 Å². The molecule has 1 N–H and O–H groups in total. The van der Waals surface area contributed by atoms with Crippen molar-refractivity contribution in [1.29, 1.82) is 0 Å². The van der Waals surface area contributed by atoms with Gasteiger partial charge in [0.25, 0.3) is 0 Å². The van der Waals surface area contributed by atoms with Gasteiger partial charge in [0.2, 0.25) is 5.88 Å². The van der Waals surface area contributed by atoms with Gasteiger partial charge in [0.15, 0.2) is 0 Å². The fraction of sp³-hybridized carbons (Fsp3) is 0.786. The maximum Gasteiger partial charge on any atom is 0.213 e. The molecular formula is C14H26N2O. The Hall–Kier alpha value is -0.990. The molecule has 0 atom stereocenters. The smallest absolute Gasteiger partial charge is 0.213 e. The summed E-state index contributed by atoms with van der Waals surface area (Å²) in [7, 11) is 0. The molecule has 0 aliphatic heterocycles. The number of nitrogens with zero attached hydrogens (tertiary/aromatic N) is 2. The van der Waals surface area contributed by atoms with Gasteiger partial charge >= 0.3 is 0 Å². The Morgan fingerprint density at radius 2 is 1.53 bits per heavy atom. The lowest BCUT2D eigenvalue weighted by Gasteiger charge is -2.22. The second kappa shape index (κ2) is 4.04. The van der Waals surface area contributed by atoms with Crippen molar-refractivity contribution in [2.24, 2.45) is 0 Å². The van der Waals surface area contributed by atoms with E-state index in [2.05, 4.69) is 60.5 Å². The third-order valence-electron chi connectivity index (χ3n) is 2.82. The first-order valence-corrected chi connectivity index (χ1v) is 6.29. The minimum atomic E-state index is -0.197. The fourth-order valence-corrected chi connectivity index (χ4v) is 2.02. The van der Waals surface area contributed by atoms with E-state index in [1.54, 1.807) is 4.68 Å². The monoisotopic (exact) mass is 238 g/mol. The van der Waals surface area contributed by atoms with Gasteiger partial charge in [-0.05, 0) is 32.1 Å². The predicted octanol–water partition coefficient (Wildman–Crippen LogP) is 3.76. The standard InChI is InChI=1S/C14H26N2O/c1-9(2)11-10(13(3,4)5)12(17)16(15-11)14(6,7)8/h9,17H,1-8H3. The van der Waals surface area contributed by atoms with Gasteiger partial charge in [-0.15, -0.1) is 0 Å². The number of hydrogen-bond acceptors (Lipinski definition) is 2. The van der Waals surface area contributed by atoms with Crippen molar-refractivity contribution in [2.75, 3.05) is 0 Å². The van der Waals surface area contributed by atoms with E-state index in [1.807, 2.05) is 0 Å². The van der Waals surface area contributed by atoms with Crippen LogP contribution in [0.4, 0.5) is 0 Å². The summed E-state index contributed by atoms with van der Waals surface area (Å²) in [6, 6.07) is 0. The van der Waals surface area contributed by atoms with Gasteiger partial charge in [-0.2, -0.15) is 5.10 Å². The van der Waals surface area contributed by atoms with E-state index in [0.717, 1.165) is 11.3 Å². The second-order valence-corrected chi connectivity index (χ2v) is 7.07. The third kappa shape index (κ3) is 2.64. The van der Waals surface area contributed by atoms with Crippen LogP contribution in [-0.4, -0.2) is 14.9 Å². The first kappa shape index (κ1) is 14.1. The second-order valence-electron chi connectivity index (χ2n) is 7.07. The van der Waals surface area contributed by atoms with Crippen LogP contribution in [0.15, 0.2) is 0 Å². The Bertz CT molecular complexity index is 403. The highest BCUT2D eigenvalue weighted by molar-refractivity contribution is 5.39. The van der Waals surface area contributed by atoms with Crippen molar-refractivity contribution in [3.05, 3.63) is 11.3 Å². The Labute approximate surface area is 105 Å². The average Bonchev–Trinajstić information content (AvgIpc) is 2.40. The number of aromatic nitrogens is 2. The summed E-state index contributed by atoms with van der Waals surface area (Å²) in [5.74, 6) is 0.632. The van der Waals surface area contributed by atoms with Gasteiger partial charge < -0.3 is 5.11 Å². The summed E-state index contributed by atoms with van der Waals surface area (Å²) >= 11 is 0. The molecule has 0 fully saturated rings. The van der Waals surface area contributed by atoms with E-state index in [0.29, 0.717) is 11.8 Å². The molecule has 98 valence electrons. The highest BCUT2D eigenvalue weighted by Gasteiger charge is 2.31. The van der Waals surface area contributed by atoms with E-state index < -0.39 is 0 Å². The molecule has 3 heteroatoms. The molecule has 1 aromatic rings. The molecule has 0 saturated heterocycles. The summed E-state index contributed by atoms with van der Waals surface area (Å²) in [6.07, 6.45) is 0. The molecule has 1 rings (SSSR count). The number of rotatable bonds is 1. The van der Waals surface area contributed by atoms with Crippen molar-refractivity contribution in [3.63, 3.8) is 0 Å². The topological polar surface area (TPSA) is 38.0 Å². The number of hydrogen-bond donors (Lipinski definition) is 1. The minimum absolute atomic E-state index is 0.0901. The van der Waals surface area contributed by atoms with Crippen molar-refractivity contribution >= 4 is 0 Å². The van der Waals surface area contributed by atoms with Crippen LogP contribution in [0.5, 0.6) is 5.88 Å². The van der Waals surface area contributed by atoms with Crippen molar-refractivity contribution in [3.8, 4) is 5.88 Å². The molecule has 0 radical (unpaired) electrons. The minimum Gasteiger partial charge on any atom is -0.493 e. The average molecular weight is 238 g/mol. The Morgan fingerprint density at radius 3 is 1.76 bits per heavy atom. The lowest BCUT2D eigenvalue weighted by Crippen LogP contribution is -2.23. The molecule has 1 heterocycles. The molecule has 0 saturated carbocycles. The van der Waals surface area contributed by atoms with Crippen LogP contribution in [0.1, 0.15) is 72.6 Å². The Morgan fingerprint density at radius 1 is 1.06 bits per heavy atom. The van der Waals surface area contributed by atoms with Crippen LogP contribution >= 0.6 is 0 Å². The first-order valence-electron chi connectivity index (χ1n) is 6.29. The molecule has 3 nitrogen and oxygen atoms in total. The first-order chi connectivity index (χ1) is 7.46. The maximum atomic E-state index is 10.4. The van der Waals surface area contributed by atoms with Gasteiger partial charge in [0, 0.05) is 5.56 Å². The molecule has 0 aliphatic carbocycles. The Balaban J connectivity index is 3.53. The Kier molecular flexibility index (Phi) is 3.34. The summed E-state index contributed by atoms with van der Waals surface area (Å²) in [5.41, 5.74) is 1.69. The van der Waals surface area contributed by atoms with Gasteiger partial charge in [0.05, 0.1) is 11.2 Å². The summed E-state index contributed by atoms with van der Waals surface area (Å²) in [5, 5.41) is 15.0. The number of aromatic hydroxyl groups is 1. The maximum absolute atomic E-state index is 10.4. The molecule has 1 aromatic heterocycles. The van der Waals surface area contributed by atoms with Crippen molar-refractivity contribution in [1.82, 2.24) is 9.78 Å². The van der Waals surface area contributed by atoms with E-state index in [1.165, 1.54) is 0 Å². The molecule has 0 bridgehead atoms. The van der Waals surface area contributed by atoms with E-state index >= 15 is 0 Å². The van der Waals surface area contributed by atoms with Crippen LogP contribution in [0.2, 0.25) is 0 Å². The lowest BCUT2D eigenvalue weighted by atomic mass is 9.84. The van der Waals surface area contributed by atoms with Gasteiger partial charge in [-0.25, -0.2) is 4.68 Å². The molecule has 0 amide bonds. The highest BCUT2D eigenvalue weighted by atomic mass is 16.3. The van der Waals surface area contributed by atoms with Gasteiger partial charge in [0.1, 0.15) is 0 Å². The van der Waals surface area contributed by atoms with Crippen LogP contribution in [0.25, 0.3) is 0 Å².